The molecule has 3 rings (SSSR count). The molecular weight excluding hydrogens is 304 g/mol. The summed E-state index contributed by atoms with van der Waals surface area (Å²) in [6.07, 6.45) is 4.72. The van der Waals surface area contributed by atoms with Gasteiger partial charge in [-0.1, -0.05) is 13.3 Å². The lowest BCUT2D eigenvalue weighted by Gasteiger charge is -2.29. The third-order valence-corrected chi connectivity index (χ3v) is 4.36. The number of H-pyrrole nitrogens is 1. The van der Waals surface area contributed by atoms with Gasteiger partial charge in [0.25, 0.3) is 5.91 Å². The molecule has 7 heteroatoms. The van der Waals surface area contributed by atoms with Crippen molar-refractivity contribution in [1.29, 1.82) is 0 Å². The minimum Gasteiger partial charge on any atom is -0.370 e. The Bertz CT molecular complexity index is 739. The minimum absolute atomic E-state index is 0.000765. The van der Waals surface area contributed by atoms with Crippen molar-refractivity contribution >= 4 is 17.7 Å². The number of carbonyl (C=O) groups excluding carboxylic acids is 1. The van der Waals surface area contributed by atoms with E-state index in [1.165, 1.54) is 0 Å². The largest absolute Gasteiger partial charge is 0.370 e. The zero-order chi connectivity index (χ0) is 17.1. The molecular formula is C17H24N6O. The van der Waals surface area contributed by atoms with Crippen molar-refractivity contribution in [2.45, 2.75) is 39.7 Å². The van der Waals surface area contributed by atoms with Gasteiger partial charge in [-0.3, -0.25) is 4.79 Å². The first-order valence-electron chi connectivity index (χ1n) is 8.42. The van der Waals surface area contributed by atoms with Crippen LogP contribution in [0.1, 0.15) is 47.1 Å². The summed E-state index contributed by atoms with van der Waals surface area (Å²) in [5, 5.41) is 3.35. The van der Waals surface area contributed by atoms with Gasteiger partial charge in [-0.05, 0) is 31.4 Å². The number of aromatic nitrogens is 3. The number of hydrogen-bond donors (Lipinski definition) is 3. The molecule has 1 aliphatic rings. The zero-order valence-electron chi connectivity index (χ0n) is 14.2. The number of nitrogens with zero attached hydrogens (tertiary/aromatic N) is 3. The Kier molecular flexibility index (Phi) is 4.69. The maximum Gasteiger partial charge on any atom is 0.270 e. The van der Waals surface area contributed by atoms with Crippen molar-refractivity contribution in [3.05, 3.63) is 34.8 Å². The van der Waals surface area contributed by atoms with E-state index < -0.39 is 0 Å². The average molecular weight is 328 g/mol. The highest BCUT2D eigenvalue weighted by molar-refractivity contribution is 5.94. The van der Waals surface area contributed by atoms with Gasteiger partial charge in [-0.15, -0.1) is 0 Å². The Morgan fingerprint density at radius 3 is 3.00 bits per heavy atom. The number of nitrogens with one attached hydrogen (secondary N) is 2. The van der Waals surface area contributed by atoms with Gasteiger partial charge in [0.15, 0.2) is 0 Å². The van der Waals surface area contributed by atoms with E-state index in [1.54, 1.807) is 6.20 Å². The molecule has 2 aromatic rings. The molecule has 0 spiro atoms. The van der Waals surface area contributed by atoms with E-state index in [1.807, 2.05) is 17.9 Å². The number of aromatic amines is 1. The highest BCUT2D eigenvalue weighted by atomic mass is 16.2. The second-order valence-corrected chi connectivity index (χ2v) is 6.15. The van der Waals surface area contributed by atoms with E-state index >= 15 is 0 Å². The summed E-state index contributed by atoms with van der Waals surface area (Å²) in [5.41, 5.74) is 9.36. The molecule has 0 aromatic carbocycles. The molecule has 0 unspecified atom stereocenters. The van der Waals surface area contributed by atoms with Crippen molar-refractivity contribution in [2.24, 2.45) is 0 Å². The van der Waals surface area contributed by atoms with Crippen molar-refractivity contribution in [3.8, 4) is 0 Å². The van der Waals surface area contributed by atoms with Gasteiger partial charge in [0.1, 0.15) is 11.5 Å². The molecule has 0 fully saturated rings. The predicted molar refractivity (Wildman–Crippen MR) is 93.8 cm³/mol. The summed E-state index contributed by atoms with van der Waals surface area (Å²) in [6, 6.07) is 1.90. The maximum atomic E-state index is 12.7. The standard InChI is InChI=1S/C17H24N6O/c1-3-4-7-20-15-12-6-9-23(10-13(12)21-17(18)22-15)16(24)14-11(2)5-8-19-14/h5,8,19H,3-4,6-7,9-10H2,1-2H3,(H3,18,20,21,22). The smallest absolute Gasteiger partial charge is 0.270 e. The van der Waals surface area contributed by atoms with Crippen LogP contribution in [0.15, 0.2) is 12.3 Å². The molecule has 0 saturated heterocycles. The van der Waals surface area contributed by atoms with E-state index in [0.717, 1.165) is 48.4 Å². The second-order valence-electron chi connectivity index (χ2n) is 6.15. The average Bonchev–Trinajstić information content (AvgIpc) is 2.99. The topological polar surface area (TPSA) is 99.9 Å². The zero-order valence-corrected chi connectivity index (χ0v) is 14.2. The summed E-state index contributed by atoms with van der Waals surface area (Å²) in [5.74, 6) is 1.06. The molecule has 0 bridgehead atoms. The Labute approximate surface area is 141 Å². The second kappa shape index (κ2) is 6.90. The summed E-state index contributed by atoms with van der Waals surface area (Å²) in [6.45, 7) is 6.06. The van der Waals surface area contributed by atoms with Gasteiger partial charge in [0.05, 0.1) is 12.2 Å². The SMILES string of the molecule is CCCCNc1nc(N)nc2c1CCN(C(=O)c1[nH]ccc1C)C2. The van der Waals surface area contributed by atoms with Crippen LogP contribution in [0.3, 0.4) is 0 Å². The highest BCUT2D eigenvalue weighted by Crippen LogP contribution is 2.25. The summed E-state index contributed by atoms with van der Waals surface area (Å²) in [7, 11) is 0. The van der Waals surface area contributed by atoms with Gasteiger partial charge in [0, 0.05) is 24.8 Å². The van der Waals surface area contributed by atoms with Crippen LogP contribution >= 0.6 is 0 Å². The van der Waals surface area contributed by atoms with Crippen LogP contribution in [-0.2, 0) is 13.0 Å². The Morgan fingerprint density at radius 1 is 1.46 bits per heavy atom. The molecule has 2 aromatic heterocycles. The lowest BCUT2D eigenvalue weighted by molar-refractivity contribution is 0.0726. The van der Waals surface area contributed by atoms with Crippen LogP contribution < -0.4 is 11.1 Å². The van der Waals surface area contributed by atoms with Crippen LogP contribution in [0.25, 0.3) is 0 Å². The molecule has 0 saturated carbocycles. The number of unbranched alkanes of at least 4 members (excludes halogenated alkanes) is 1. The van der Waals surface area contributed by atoms with Gasteiger partial charge >= 0.3 is 0 Å². The lowest BCUT2D eigenvalue weighted by Crippen LogP contribution is -2.37. The fourth-order valence-corrected chi connectivity index (χ4v) is 2.99. The number of amides is 1. The van der Waals surface area contributed by atoms with E-state index in [-0.39, 0.29) is 11.9 Å². The number of carbonyl (C=O) groups is 1. The Balaban J connectivity index is 1.80. The first-order chi connectivity index (χ1) is 11.6. The summed E-state index contributed by atoms with van der Waals surface area (Å²) >= 11 is 0. The summed E-state index contributed by atoms with van der Waals surface area (Å²) < 4.78 is 0. The van der Waals surface area contributed by atoms with Crippen molar-refractivity contribution in [3.63, 3.8) is 0 Å². The van der Waals surface area contributed by atoms with Crippen LogP contribution in [0.5, 0.6) is 0 Å². The lowest BCUT2D eigenvalue weighted by atomic mass is 10.0. The van der Waals surface area contributed by atoms with Crippen molar-refractivity contribution < 1.29 is 4.79 Å². The molecule has 4 N–H and O–H groups in total. The van der Waals surface area contributed by atoms with Crippen LogP contribution in [-0.4, -0.2) is 38.8 Å². The van der Waals surface area contributed by atoms with E-state index in [2.05, 4.69) is 27.2 Å². The van der Waals surface area contributed by atoms with Crippen molar-refractivity contribution in [1.82, 2.24) is 19.9 Å². The van der Waals surface area contributed by atoms with Crippen LogP contribution in [0.2, 0.25) is 0 Å². The molecule has 24 heavy (non-hydrogen) atoms. The normalized spacial score (nSPS) is 13.7. The monoisotopic (exact) mass is 328 g/mol. The minimum atomic E-state index is 0.000765. The number of hydrogen-bond acceptors (Lipinski definition) is 5. The number of nitrogen functional groups attached to an aromatic ring is 1. The Hall–Kier alpha value is -2.57. The maximum absolute atomic E-state index is 12.7. The molecule has 0 atom stereocenters. The summed E-state index contributed by atoms with van der Waals surface area (Å²) in [4.78, 5) is 26.2. The first kappa shape index (κ1) is 16.3. The Morgan fingerprint density at radius 2 is 2.29 bits per heavy atom. The number of nitrogens with two attached hydrogens (primary N) is 1. The molecule has 1 amide bonds. The first-order valence-corrected chi connectivity index (χ1v) is 8.42. The fraction of sp³-hybridized carbons (Fsp3) is 0.471. The van der Waals surface area contributed by atoms with Gasteiger partial charge in [-0.2, -0.15) is 4.98 Å². The number of rotatable bonds is 5. The van der Waals surface area contributed by atoms with Crippen LogP contribution in [0.4, 0.5) is 11.8 Å². The third kappa shape index (κ3) is 3.20. The predicted octanol–water partition coefficient (Wildman–Crippen LogP) is 2.11. The molecule has 7 nitrogen and oxygen atoms in total. The number of fused-ring (bicyclic) bond motifs is 1. The third-order valence-electron chi connectivity index (χ3n) is 4.36. The van der Waals surface area contributed by atoms with Gasteiger partial charge in [0.2, 0.25) is 5.95 Å². The molecule has 3 heterocycles. The van der Waals surface area contributed by atoms with Crippen molar-refractivity contribution in [2.75, 3.05) is 24.1 Å². The molecule has 128 valence electrons. The van der Waals surface area contributed by atoms with E-state index in [9.17, 15) is 4.79 Å². The number of anilines is 2. The van der Waals surface area contributed by atoms with Gasteiger partial charge < -0.3 is 20.9 Å². The number of aryl methyl sites for hydroxylation is 1. The molecule has 1 aliphatic heterocycles. The van der Waals surface area contributed by atoms with E-state index in [0.29, 0.717) is 18.8 Å². The molecule has 0 radical (unpaired) electrons. The van der Waals surface area contributed by atoms with E-state index in [4.69, 9.17) is 5.73 Å². The fourth-order valence-electron chi connectivity index (χ4n) is 2.99. The molecule has 0 aliphatic carbocycles. The quantitative estimate of drug-likeness (QED) is 0.730. The van der Waals surface area contributed by atoms with Gasteiger partial charge in [-0.25, -0.2) is 4.98 Å². The van der Waals surface area contributed by atoms with Crippen LogP contribution in [0, 0.1) is 6.92 Å². The highest BCUT2D eigenvalue weighted by Gasteiger charge is 2.26.